The van der Waals surface area contributed by atoms with Crippen LogP contribution in [0.4, 0.5) is 10.1 Å². The number of benzene rings is 1. The number of hydrogen-bond acceptors (Lipinski definition) is 4. The van der Waals surface area contributed by atoms with Gasteiger partial charge in [-0.25, -0.2) is 4.39 Å². The van der Waals surface area contributed by atoms with E-state index in [4.69, 9.17) is 4.74 Å². The maximum Gasteiger partial charge on any atom is 0.275 e. The van der Waals surface area contributed by atoms with E-state index in [1.54, 1.807) is 0 Å². The second kappa shape index (κ2) is 5.97. The Hall–Kier alpha value is -1.69. The van der Waals surface area contributed by atoms with Crippen molar-refractivity contribution in [3.8, 4) is 5.75 Å². The molecule has 0 atom stereocenters. The quantitative estimate of drug-likeness (QED) is 0.637. The number of halogens is 1. The molecule has 0 saturated heterocycles. The van der Waals surface area contributed by atoms with Gasteiger partial charge >= 0.3 is 0 Å². The Balaban J connectivity index is 2.92. The van der Waals surface area contributed by atoms with Gasteiger partial charge in [0, 0.05) is 5.56 Å². The van der Waals surface area contributed by atoms with E-state index in [-0.39, 0.29) is 18.0 Å². The lowest BCUT2D eigenvalue weighted by Gasteiger charge is -2.25. The molecule has 1 aromatic carbocycles. The minimum Gasteiger partial charge on any atom is -0.487 e. The molecule has 0 heterocycles. The molecule has 0 aliphatic rings. The number of rotatable bonds is 6. The molecule has 1 rings (SSSR count). The van der Waals surface area contributed by atoms with Gasteiger partial charge in [-0.3, -0.25) is 10.1 Å². The molecule has 0 spiro atoms. The van der Waals surface area contributed by atoms with Crippen molar-refractivity contribution in [1.82, 2.24) is 0 Å². The fourth-order valence-electron chi connectivity index (χ4n) is 1.62. The molecule has 6 heteroatoms. The van der Waals surface area contributed by atoms with Crippen molar-refractivity contribution in [1.29, 1.82) is 0 Å². The zero-order valence-electron chi connectivity index (χ0n) is 11.3. The standard InChI is InChI=1S/C13H18FNO4/c1-4-13(16,5-2)8-19-12-6-9(3)11(15(17)18)7-10(12)14/h6-7,16H,4-5,8H2,1-3H3. The van der Waals surface area contributed by atoms with Crippen LogP contribution in [0.2, 0.25) is 0 Å². The summed E-state index contributed by atoms with van der Waals surface area (Å²) in [5.41, 5.74) is -0.980. The number of hydrogen-bond donors (Lipinski definition) is 1. The molecule has 19 heavy (non-hydrogen) atoms. The first-order chi connectivity index (χ1) is 8.83. The number of aliphatic hydroxyl groups is 1. The molecule has 106 valence electrons. The topological polar surface area (TPSA) is 72.6 Å². The first-order valence-electron chi connectivity index (χ1n) is 6.12. The molecule has 0 amide bonds. The Bertz CT molecular complexity index is 472. The molecular formula is C13H18FNO4. The SMILES string of the molecule is CCC(O)(CC)COc1cc(C)c([N+](=O)[O-])cc1F. The fourth-order valence-corrected chi connectivity index (χ4v) is 1.62. The number of nitrogens with zero attached hydrogens (tertiary/aromatic N) is 1. The van der Waals surface area contributed by atoms with Gasteiger partial charge in [0.2, 0.25) is 0 Å². The number of aryl methyl sites for hydroxylation is 1. The second-order valence-corrected chi connectivity index (χ2v) is 4.55. The summed E-state index contributed by atoms with van der Waals surface area (Å²) in [4.78, 5) is 10.0. The second-order valence-electron chi connectivity index (χ2n) is 4.55. The number of nitro benzene ring substituents is 1. The van der Waals surface area contributed by atoms with Crippen molar-refractivity contribution in [2.45, 2.75) is 39.2 Å². The van der Waals surface area contributed by atoms with Crippen molar-refractivity contribution in [2.24, 2.45) is 0 Å². The Labute approximate surface area is 111 Å². The van der Waals surface area contributed by atoms with Gasteiger partial charge in [-0.1, -0.05) is 13.8 Å². The Morgan fingerprint density at radius 1 is 1.42 bits per heavy atom. The van der Waals surface area contributed by atoms with E-state index in [9.17, 15) is 19.6 Å². The highest BCUT2D eigenvalue weighted by Gasteiger charge is 2.24. The third kappa shape index (κ3) is 3.64. The average molecular weight is 271 g/mol. The van der Waals surface area contributed by atoms with Gasteiger partial charge in [-0.05, 0) is 25.8 Å². The lowest BCUT2D eigenvalue weighted by molar-refractivity contribution is -0.385. The minimum absolute atomic E-state index is 0.0474. The van der Waals surface area contributed by atoms with Crippen molar-refractivity contribution in [3.63, 3.8) is 0 Å². The first kappa shape index (κ1) is 15.4. The van der Waals surface area contributed by atoms with Gasteiger partial charge in [0.25, 0.3) is 5.69 Å². The summed E-state index contributed by atoms with van der Waals surface area (Å²) in [6.45, 7) is 5.08. The molecule has 0 aliphatic carbocycles. The molecule has 0 unspecified atom stereocenters. The zero-order chi connectivity index (χ0) is 14.6. The molecule has 1 aromatic rings. The van der Waals surface area contributed by atoms with Crippen LogP contribution in [0.25, 0.3) is 0 Å². The lowest BCUT2D eigenvalue weighted by Crippen LogP contribution is -2.34. The minimum atomic E-state index is -1.01. The van der Waals surface area contributed by atoms with Crippen LogP contribution in [0.15, 0.2) is 12.1 Å². The zero-order valence-corrected chi connectivity index (χ0v) is 11.3. The van der Waals surface area contributed by atoms with Crippen molar-refractivity contribution >= 4 is 5.69 Å². The number of ether oxygens (including phenoxy) is 1. The Kier molecular flexibility index (Phi) is 4.83. The van der Waals surface area contributed by atoms with Crippen LogP contribution in [0.5, 0.6) is 5.75 Å². The third-order valence-electron chi connectivity index (χ3n) is 3.26. The van der Waals surface area contributed by atoms with E-state index < -0.39 is 16.3 Å². The summed E-state index contributed by atoms with van der Waals surface area (Å²) in [6, 6.07) is 2.11. The number of nitro groups is 1. The average Bonchev–Trinajstić information content (AvgIpc) is 2.38. The van der Waals surface area contributed by atoms with Gasteiger partial charge < -0.3 is 9.84 Å². The van der Waals surface area contributed by atoms with E-state index in [2.05, 4.69) is 0 Å². The molecule has 0 bridgehead atoms. The van der Waals surface area contributed by atoms with E-state index in [1.165, 1.54) is 13.0 Å². The molecule has 5 nitrogen and oxygen atoms in total. The predicted octanol–water partition coefficient (Wildman–Crippen LogP) is 2.97. The van der Waals surface area contributed by atoms with E-state index in [0.717, 1.165) is 6.07 Å². The highest BCUT2D eigenvalue weighted by Crippen LogP contribution is 2.28. The highest BCUT2D eigenvalue weighted by molar-refractivity contribution is 5.45. The van der Waals surface area contributed by atoms with Gasteiger partial charge in [0.15, 0.2) is 11.6 Å². The first-order valence-corrected chi connectivity index (χ1v) is 6.12. The largest absolute Gasteiger partial charge is 0.487 e. The summed E-state index contributed by atoms with van der Waals surface area (Å²) in [5.74, 6) is -0.879. The molecule has 0 fully saturated rings. The van der Waals surface area contributed by atoms with Crippen LogP contribution in [0.3, 0.4) is 0 Å². The summed E-state index contributed by atoms with van der Waals surface area (Å²) in [7, 11) is 0. The van der Waals surface area contributed by atoms with E-state index >= 15 is 0 Å². The van der Waals surface area contributed by atoms with E-state index in [0.29, 0.717) is 18.4 Å². The van der Waals surface area contributed by atoms with Crippen molar-refractivity contribution < 1.29 is 19.2 Å². The van der Waals surface area contributed by atoms with Gasteiger partial charge in [-0.2, -0.15) is 0 Å². The third-order valence-corrected chi connectivity index (χ3v) is 3.26. The van der Waals surface area contributed by atoms with Gasteiger partial charge in [0.1, 0.15) is 6.61 Å². The Morgan fingerprint density at radius 2 is 2.00 bits per heavy atom. The summed E-state index contributed by atoms with van der Waals surface area (Å²) in [6.07, 6.45) is 0.966. The van der Waals surface area contributed by atoms with Crippen LogP contribution in [0.1, 0.15) is 32.3 Å². The predicted molar refractivity (Wildman–Crippen MR) is 68.8 cm³/mol. The van der Waals surface area contributed by atoms with Crippen molar-refractivity contribution in [2.75, 3.05) is 6.61 Å². The maximum atomic E-state index is 13.7. The van der Waals surface area contributed by atoms with Gasteiger partial charge in [0.05, 0.1) is 16.6 Å². The Morgan fingerprint density at radius 3 is 2.47 bits per heavy atom. The molecule has 0 aliphatic heterocycles. The van der Waals surface area contributed by atoms with Crippen LogP contribution < -0.4 is 4.74 Å². The monoisotopic (exact) mass is 271 g/mol. The molecular weight excluding hydrogens is 253 g/mol. The summed E-state index contributed by atoms with van der Waals surface area (Å²) in [5, 5.41) is 20.7. The lowest BCUT2D eigenvalue weighted by atomic mass is 9.99. The van der Waals surface area contributed by atoms with Crippen LogP contribution >= 0.6 is 0 Å². The summed E-state index contributed by atoms with van der Waals surface area (Å²) < 4.78 is 18.9. The molecule has 1 N–H and O–H groups in total. The smallest absolute Gasteiger partial charge is 0.275 e. The molecule has 0 aromatic heterocycles. The molecule has 0 saturated carbocycles. The van der Waals surface area contributed by atoms with Gasteiger partial charge in [-0.15, -0.1) is 0 Å². The highest BCUT2D eigenvalue weighted by atomic mass is 19.1. The van der Waals surface area contributed by atoms with Crippen molar-refractivity contribution in [3.05, 3.63) is 33.6 Å². The maximum absolute atomic E-state index is 13.7. The van der Waals surface area contributed by atoms with Crippen LogP contribution in [0, 0.1) is 22.9 Å². The normalized spacial score (nSPS) is 11.4. The summed E-state index contributed by atoms with van der Waals surface area (Å²) >= 11 is 0. The van der Waals surface area contributed by atoms with Crippen LogP contribution in [-0.2, 0) is 0 Å². The van der Waals surface area contributed by atoms with Crippen LogP contribution in [-0.4, -0.2) is 22.2 Å². The van der Waals surface area contributed by atoms with E-state index in [1.807, 2.05) is 13.8 Å². The molecule has 0 radical (unpaired) electrons. The fraction of sp³-hybridized carbons (Fsp3) is 0.538.